The van der Waals surface area contributed by atoms with Crippen LogP contribution in [0, 0.1) is 0 Å². The summed E-state index contributed by atoms with van der Waals surface area (Å²) in [5.41, 5.74) is 5.27. The number of nitrogens with zero attached hydrogens (tertiary/aromatic N) is 1. The van der Waals surface area contributed by atoms with Gasteiger partial charge < -0.3 is 10.6 Å². The van der Waals surface area contributed by atoms with Crippen molar-refractivity contribution in [3.63, 3.8) is 0 Å². The lowest BCUT2D eigenvalue weighted by atomic mass is 10.2. The van der Waals surface area contributed by atoms with E-state index in [1.54, 1.807) is 6.92 Å². The first-order chi connectivity index (χ1) is 6.65. The Labute approximate surface area is 91.4 Å². The zero-order valence-corrected chi connectivity index (χ0v) is 9.28. The maximum Gasteiger partial charge on any atom is 0.389 e. The molecule has 0 saturated carbocycles. The Kier molecular flexibility index (Phi) is 4.99. The molecule has 0 radical (unpaired) electrons. The highest BCUT2D eigenvalue weighted by Crippen LogP contribution is 2.21. The lowest BCUT2D eigenvalue weighted by Gasteiger charge is -2.24. The smallest absolute Gasteiger partial charge is 0.389 e. The molecule has 0 aromatic carbocycles. The van der Waals surface area contributed by atoms with Crippen molar-refractivity contribution in [2.75, 3.05) is 7.05 Å². The summed E-state index contributed by atoms with van der Waals surface area (Å²) in [5.74, 6) is -0.618. The van der Waals surface area contributed by atoms with Gasteiger partial charge in [-0.3, -0.25) is 4.79 Å². The summed E-state index contributed by atoms with van der Waals surface area (Å²) in [6.45, 7) is 1.56. The molecule has 1 unspecified atom stereocenters. The van der Waals surface area contributed by atoms with Crippen molar-refractivity contribution in [2.24, 2.45) is 5.73 Å². The summed E-state index contributed by atoms with van der Waals surface area (Å²) < 4.78 is 35.5. The molecule has 0 rings (SSSR count). The van der Waals surface area contributed by atoms with Crippen LogP contribution in [0.15, 0.2) is 0 Å². The first kappa shape index (κ1) is 14.2. The number of carbonyl (C=O) groups excluding carboxylic acids is 1. The van der Waals surface area contributed by atoms with Crippen molar-refractivity contribution in [3.8, 4) is 0 Å². The van der Waals surface area contributed by atoms with E-state index < -0.39 is 31.0 Å². The molecule has 0 bridgehead atoms. The quantitative estimate of drug-likeness (QED) is 0.759. The van der Waals surface area contributed by atoms with Crippen LogP contribution in [-0.2, 0) is 4.79 Å². The molecule has 1 amide bonds. The second kappa shape index (κ2) is 5.29. The molecule has 0 aliphatic carbocycles. The van der Waals surface area contributed by atoms with Gasteiger partial charge in [-0.2, -0.15) is 13.2 Å². The van der Waals surface area contributed by atoms with Gasteiger partial charge in [-0.1, -0.05) is 12.2 Å². The fraction of sp³-hybridized carbons (Fsp3) is 0.750. The minimum absolute atomic E-state index is 0.0814. The summed E-state index contributed by atoms with van der Waals surface area (Å²) in [6.07, 6.45) is -6.02. The van der Waals surface area contributed by atoms with E-state index in [0.29, 0.717) is 0 Å². The molecule has 0 aromatic rings. The molecule has 15 heavy (non-hydrogen) atoms. The maximum absolute atomic E-state index is 11.8. The molecule has 7 heteroatoms. The highest BCUT2D eigenvalue weighted by Gasteiger charge is 2.29. The predicted octanol–water partition coefficient (Wildman–Crippen LogP) is 1.46. The summed E-state index contributed by atoms with van der Waals surface area (Å²) in [6, 6.07) is -0.527. The average Bonchev–Trinajstić information content (AvgIpc) is 2.10. The molecule has 0 saturated heterocycles. The third-order valence-electron chi connectivity index (χ3n) is 2.01. The Balaban J connectivity index is 4.17. The number of halogens is 3. The molecule has 3 nitrogen and oxygen atoms in total. The minimum atomic E-state index is -4.32. The van der Waals surface area contributed by atoms with Gasteiger partial charge in [0.2, 0.25) is 5.91 Å². The van der Waals surface area contributed by atoms with Crippen LogP contribution in [0.3, 0.4) is 0 Å². The number of likely N-dealkylation sites (N-methyl/N-ethyl adjacent to an activating group) is 1. The van der Waals surface area contributed by atoms with Gasteiger partial charge in [0, 0.05) is 13.5 Å². The van der Waals surface area contributed by atoms with Crippen molar-refractivity contribution in [2.45, 2.75) is 32.0 Å². The number of nitrogens with two attached hydrogens (primary N) is 1. The topological polar surface area (TPSA) is 46.3 Å². The number of rotatable bonds is 4. The molecule has 2 N–H and O–H groups in total. The molecule has 0 aliphatic rings. The lowest BCUT2D eigenvalue weighted by molar-refractivity contribution is -0.148. The van der Waals surface area contributed by atoms with Gasteiger partial charge in [-0.15, -0.1) is 0 Å². The third kappa shape index (κ3) is 5.56. The molecule has 88 valence electrons. The molecule has 0 heterocycles. The fourth-order valence-electron chi connectivity index (χ4n) is 0.832. The van der Waals surface area contributed by atoms with Crippen LogP contribution in [0.2, 0.25) is 0 Å². The van der Waals surface area contributed by atoms with Gasteiger partial charge in [0.05, 0.1) is 17.5 Å². The molecule has 0 fully saturated rings. The van der Waals surface area contributed by atoms with Gasteiger partial charge in [-0.25, -0.2) is 0 Å². The Morgan fingerprint density at radius 3 is 2.33 bits per heavy atom. The normalized spacial score (nSPS) is 13.4. The average molecular weight is 242 g/mol. The molecular formula is C8H13F3N2OS. The zero-order valence-electron chi connectivity index (χ0n) is 8.47. The monoisotopic (exact) mass is 242 g/mol. The largest absolute Gasteiger partial charge is 0.392 e. The number of thiocarbonyl (C=S) groups is 1. The highest BCUT2D eigenvalue weighted by molar-refractivity contribution is 7.80. The van der Waals surface area contributed by atoms with Crippen LogP contribution >= 0.6 is 12.2 Å². The van der Waals surface area contributed by atoms with Crippen LogP contribution in [0.1, 0.15) is 19.8 Å². The van der Waals surface area contributed by atoms with E-state index in [9.17, 15) is 18.0 Å². The zero-order chi connectivity index (χ0) is 12.2. The van der Waals surface area contributed by atoms with Crippen LogP contribution in [0.25, 0.3) is 0 Å². The molecule has 1 atom stereocenters. The third-order valence-corrected chi connectivity index (χ3v) is 2.35. The minimum Gasteiger partial charge on any atom is -0.392 e. The Morgan fingerprint density at radius 1 is 1.53 bits per heavy atom. The van der Waals surface area contributed by atoms with E-state index in [-0.39, 0.29) is 4.99 Å². The summed E-state index contributed by atoms with van der Waals surface area (Å²) in [7, 11) is 1.38. The maximum atomic E-state index is 11.8. The fourth-order valence-corrected chi connectivity index (χ4v) is 0.990. The predicted molar refractivity (Wildman–Crippen MR) is 54.3 cm³/mol. The van der Waals surface area contributed by atoms with Crippen molar-refractivity contribution in [3.05, 3.63) is 0 Å². The number of alkyl halides is 3. The number of amides is 1. The SMILES string of the molecule is CC(C(N)=S)N(C)C(=O)CCC(F)(F)F. The van der Waals surface area contributed by atoms with E-state index in [1.807, 2.05) is 0 Å². The van der Waals surface area contributed by atoms with Crippen LogP contribution in [-0.4, -0.2) is 35.1 Å². The summed E-state index contributed by atoms with van der Waals surface area (Å²) in [5, 5.41) is 0. The highest BCUT2D eigenvalue weighted by atomic mass is 32.1. The van der Waals surface area contributed by atoms with Crippen molar-refractivity contribution in [1.82, 2.24) is 4.90 Å². The molecule has 0 aromatic heterocycles. The molecular weight excluding hydrogens is 229 g/mol. The first-order valence-corrected chi connectivity index (χ1v) is 4.67. The van der Waals surface area contributed by atoms with E-state index in [0.717, 1.165) is 4.90 Å². The van der Waals surface area contributed by atoms with Gasteiger partial charge in [-0.05, 0) is 6.92 Å². The summed E-state index contributed by atoms with van der Waals surface area (Å²) in [4.78, 5) is 12.4. The second-order valence-electron chi connectivity index (χ2n) is 3.20. The van der Waals surface area contributed by atoms with Crippen molar-refractivity contribution in [1.29, 1.82) is 0 Å². The van der Waals surface area contributed by atoms with E-state index in [1.165, 1.54) is 7.05 Å². The van der Waals surface area contributed by atoms with E-state index >= 15 is 0 Å². The van der Waals surface area contributed by atoms with Gasteiger partial charge in [0.1, 0.15) is 0 Å². The van der Waals surface area contributed by atoms with Gasteiger partial charge >= 0.3 is 6.18 Å². The van der Waals surface area contributed by atoms with Crippen LogP contribution in [0.4, 0.5) is 13.2 Å². The van der Waals surface area contributed by atoms with Crippen molar-refractivity contribution >= 4 is 23.1 Å². The number of hydrogen-bond acceptors (Lipinski definition) is 2. The van der Waals surface area contributed by atoms with Crippen LogP contribution in [0.5, 0.6) is 0 Å². The number of carbonyl (C=O) groups is 1. The number of hydrogen-bond donors (Lipinski definition) is 1. The lowest BCUT2D eigenvalue weighted by Crippen LogP contribution is -2.42. The Bertz CT molecular complexity index is 255. The van der Waals surface area contributed by atoms with Gasteiger partial charge in [0.25, 0.3) is 0 Å². The summed E-state index contributed by atoms with van der Waals surface area (Å²) >= 11 is 4.63. The molecule has 0 spiro atoms. The van der Waals surface area contributed by atoms with Crippen LogP contribution < -0.4 is 5.73 Å². The first-order valence-electron chi connectivity index (χ1n) is 4.27. The van der Waals surface area contributed by atoms with Crippen molar-refractivity contribution < 1.29 is 18.0 Å². The van der Waals surface area contributed by atoms with E-state index in [2.05, 4.69) is 12.2 Å². The molecule has 0 aliphatic heterocycles. The Hall–Kier alpha value is -0.850. The second-order valence-corrected chi connectivity index (χ2v) is 3.67. The van der Waals surface area contributed by atoms with E-state index in [4.69, 9.17) is 5.73 Å². The Morgan fingerprint density at radius 2 is 2.00 bits per heavy atom. The van der Waals surface area contributed by atoms with Gasteiger partial charge in [0.15, 0.2) is 0 Å². The standard InChI is InChI=1S/C8H13F3N2OS/c1-5(7(12)15)13(2)6(14)3-4-8(9,10)11/h5H,3-4H2,1-2H3,(H2,12,15).